The molecule has 2 heterocycles. The van der Waals surface area contributed by atoms with Gasteiger partial charge in [0, 0.05) is 37.7 Å². The van der Waals surface area contributed by atoms with Gasteiger partial charge in [-0.1, -0.05) is 42.8 Å². The van der Waals surface area contributed by atoms with Crippen molar-refractivity contribution in [2.45, 2.75) is 13.5 Å². The highest BCUT2D eigenvalue weighted by molar-refractivity contribution is 6.31. The van der Waals surface area contributed by atoms with E-state index in [1.807, 2.05) is 54.7 Å². The van der Waals surface area contributed by atoms with Gasteiger partial charge in [-0.2, -0.15) is 5.26 Å². The summed E-state index contributed by atoms with van der Waals surface area (Å²) in [6, 6.07) is 21.5. The molecule has 188 valence electrons. The minimum absolute atomic E-state index is 0.547. The SMILES string of the molecule is CCNCc1ccc(N=C(NC#N)N2CCN(C3=Nc4cc(Cl)ccc4Oc4ccccc43)CC2)cc1. The maximum absolute atomic E-state index is 9.37. The van der Waals surface area contributed by atoms with Crippen LogP contribution in [0.5, 0.6) is 11.5 Å². The van der Waals surface area contributed by atoms with E-state index in [4.69, 9.17) is 26.3 Å². The minimum atomic E-state index is 0.547. The summed E-state index contributed by atoms with van der Waals surface area (Å²) in [5.41, 5.74) is 3.63. The lowest BCUT2D eigenvalue weighted by Gasteiger charge is -2.37. The first-order valence-electron chi connectivity index (χ1n) is 12.3. The number of fused-ring (bicyclic) bond motifs is 2. The zero-order valence-electron chi connectivity index (χ0n) is 20.6. The molecular formula is C28H28ClN7O. The zero-order valence-corrected chi connectivity index (χ0v) is 21.4. The van der Waals surface area contributed by atoms with Gasteiger partial charge < -0.3 is 19.9 Å². The van der Waals surface area contributed by atoms with Gasteiger partial charge in [0.25, 0.3) is 0 Å². The van der Waals surface area contributed by atoms with Crippen LogP contribution in [0.4, 0.5) is 11.4 Å². The summed E-state index contributed by atoms with van der Waals surface area (Å²) < 4.78 is 6.19. The van der Waals surface area contributed by atoms with Crippen molar-refractivity contribution in [1.29, 1.82) is 5.26 Å². The largest absolute Gasteiger partial charge is 0.454 e. The van der Waals surface area contributed by atoms with Crippen molar-refractivity contribution in [2.75, 3.05) is 32.7 Å². The van der Waals surface area contributed by atoms with Crippen LogP contribution in [0.3, 0.4) is 0 Å². The summed E-state index contributed by atoms with van der Waals surface area (Å²) in [5.74, 6) is 2.83. The van der Waals surface area contributed by atoms with Crippen LogP contribution in [0.25, 0.3) is 0 Å². The molecule has 2 aliphatic rings. The third-order valence-corrected chi connectivity index (χ3v) is 6.53. The first kappa shape index (κ1) is 24.6. The molecule has 0 radical (unpaired) electrons. The predicted octanol–water partition coefficient (Wildman–Crippen LogP) is 5.01. The van der Waals surface area contributed by atoms with Crippen LogP contribution in [-0.2, 0) is 6.54 Å². The molecule has 3 aromatic rings. The van der Waals surface area contributed by atoms with E-state index < -0.39 is 0 Å². The summed E-state index contributed by atoms with van der Waals surface area (Å²) >= 11 is 6.26. The Morgan fingerprint density at radius 1 is 1.05 bits per heavy atom. The van der Waals surface area contributed by atoms with Crippen LogP contribution in [0.15, 0.2) is 76.7 Å². The Balaban J connectivity index is 1.35. The van der Waals surface area contributed by atoms with Crippen LogP contribution in [0.1, 0.15) is 18.1 Å². The number of nitriles is 1. The fourth-order valence-electron chi connectivity index (χ4n) is 4.38. The number of piperazine rings is 1. The lowest BCUT2D eigenvalue weighted by atomic mass is 10.1. The standard InChI is InChI=1S/C28H28ClN7O/c1-2-31-18-20-7-10-22(11-8-20)33-28(32-19-30)36-15-13-35(14-16-36)27-23-5-3-4-6-25(23)37-26-12-9-21(29)17-24(26)34-27/h3-12,17,31H,2,13-16,18H2,1H3,(H,32,33). The average Bonchev–Trinajstić information content (AvgIpc) is 3.09. The lowest BCUT2D eigenvalue weighted by molar-refractivity contribution is 0.255. The highest BCUT2D eigenvalue weighted by atomic mass is 35.5. The number of rotatable bonds is 4. The van der Waals surface area contributed by atoms with Gasteiger partial charge in [0.1, 0.15) is 17.3 Å². The second kappa shape index (κ2) is 11.3. The maximum atomic E-state index is 9.37. The van der Waals surface area contributed by atoms with Crippen LogP contribution in [0, 0.1) is 11.5 Å². The van der Waals surface area contributed by atoms with Crippen molar-refractivity contribution < 1.29 is 4.74 Å². The third-order valence-electron chi connectivity index (χ3n) is 6.29. The molecule has 37 heavy (non-hydrogen) atoms. The molecule has 5 rings (SSSR count). The molecule has 0 atom stereocenters. The molecular weight excluding hydrogens is 486 g/mol. The molecule has 3 aromatic carbocycles. The Kier molecular flexibility index (Phi) is 7.54. The van der Waals surface area contributed by atoms with Gasteiger partial charge in [-0.3, -0.25) is 5.32 Å². The van der Waals surface area contributed by atoms with Gasteiger partial charge >= 0.3 is 0 Å². The van der Waals surface area contributed by atoms with E-state index >= 15 is 0 Å². The Labute approximate surface area is 221 Å². The summed E-state index contributed by atoms with van der Waals surface area (Å²) in [5, 5.41) is 16.1. The van der Waals surface area contributed by atoms with E-state index in [-0.39, 0.29) is 0 Å². The number of para-hydroxylation sites is 1. The quantitative estimate of drug-likeness (QED) is 0.221. The Morgan fingerprint density at radius 2 is 1.84 bits per heavy atom. The zero-order chi connectivity index (χ0) is 25.6. The van der Waals surface area contributed by atoms with Crippen molar-refractivity contribution in [1.82, 2.24) is 20.4 Å². The molecule has 2 N–H and O–H groups in total. The van der Waals surface area contributed by atoms with Crippen molar-refractivity contribution in [3.05, 3.63) is 82.9 Å². The molecule has 0 amide bonds. The number of hydrogen-bond donors (Lipinski definition) is 2. The van der Waals surface area contributed by atoms with Gasteiger partial charge in [0.05, 0.1) is 11.3 Å². The minimum Gasteiger partial charge on any atom is -0.454 e. The molecule has 0 aromatic heterocycles. The van der Waals surface area contributed by atoms with E-state index in [9.17, 15) is 5.26 Å². The van der Waals surface area contributed by atoms with Gasteiger partial charge in [-0.25, -0.2) is 9.98 Å². The highest BCUT2D eigenvalue weighted by Crippen LogP contribution is 2.39. The number of benzene rings is 3. The number of nitrogens with one attached hydrogen (secondary N) is 2. The smallest absolute Gasteiger partial charge is 0.212 e. The number of hydrogen-bond acceptors (Lipinski definition) is 6. The highest BCUT2D eigenvalue weighted by Gasteiger charge is 2.27. The van der Waals surface area contributed by atoms with Gasteiger partial charge in [0.15, 0.2) is 11.9 Å². The van der Waals surface area contributed by atoms with Crippen LogP contribution >= 0.6 is 11.6 Å². The molecule has 0 spiro atoms. The summed E-state index contributed by atoms with van der Waals surface area (Å²) in [6.45, 7) is 6.59. The van der Waals surface area contributed by atoms with Crippen molar-refractivity contribution in [2.24, 2.45) is 9.98 Å². The first-order chi connectivity index (χ1) is 18.1. The molecule has 0 bridgehead atoms. The Hall–Kier alpha value is -4.06. The van der Waals surface area contributed by atoms with Crippen molar-refractivity contribution >= 4 is 34.8 Å². The molecule has 0 saturated carbocycles. The Bertz CT molecular complexity index is 1360. The molecule has 1 fully saturated rings. The second-order valence-electron chi connectivity index (χ2n) is 8.74. The van der Waals surface area contributed by atoms with Crippen molar-refractivity contribution in [3.8, 4) is 17.7 Å². The van der Waals surface area contributed by atoms with Gasteiger partial charge in [-0.15, -0.1) is 0 Å². The van der Waals surface area contributed by atoms with E-state index in [0.717, 1.165) is 35.9 Å². The number of halogens is 1. The predicted molar refractivity (Wildman–Crippen MR) is 147 cm³/mol. The lowest BCUT2D eigenvalue weighted by Crippen LogP contribution is -2.53. The van der Waals surface area contributed by atoms with Crippen LogP contribution in [0.2, 0.25) is 5.02 Å². The Morgan fingerprint density at radius 3 is 2.59 bits per heavy atom. The number of aliphatic imine (C=N–C) groups is 2. The molecule has 1 saturated heterocycles. The summed E-state index contributed by atoms with van der Waals surface area (Å²) in [6.07, 6.45) is 2.04. The average molecular weight is 514 g/mol. The van der Waals surface area contributed by atoms with E-state index in [1.54, 1.807) is 6.07 Å². The van der Waals surface area contributed by atoms with E-state index in [0.29, 0.717) is 48.6 Å². The summed E-state index contributed by atoms with van der Waals surface area (Å²) in [4.78, 5) is 14.0. The summed E-state index contributed by atoms with van der Waals surface area (Å²) in [7, 11) is 0. The first-order valence-corrected chi connectivity index (χ1v) is 12.7. The van der Waals surface area contributed by atoms with Gasteiger partial charge in [-0.05, 0) is 54.6 Å². The topological polar surface area (TPSA) is 88.3 Å². The van der Waals surface area contributed by atoms with Gasteiger partial charge in [0.2, 0.25) is 5.96 Å². The molecule has 8 nitrogen and oxygen atoms in total. The number of amidine groups is 1. The van der Waals surface area contributed by atoms with Crippen LogP contribution in [-0.4, -0.2) is 54.3 Å². The molecule has 2 aliphatic heterocycles. The second-order valence-corrected chi connectivity index (χ2v) is 9.18. The molecule has 0 aliphatic carbocycles. The fraction of sp³-hybridized carbons (Fsp3) is 0.250. The third kappa shape index (κ3) is 5.69. The molecule has 0 unspecified atom stereocenters. The van der Waals surface area contributed by atoms with E-state index in [1.165, 1.54) is 5.56 Å². The van der Waals surface area contributed by atoms with Crippen LogP contribution < -0.4 is 15.4 Å². The number of ether oxygens (including phenoxy) is 1. The number of guanidine groups is 1. The molecule has 9 heteroatoms. The van der Waals surface area contributed by atoms with Crippen molar-refractivity contribution in [3.63, 3.8) is 0 Å². The van der Waals surface area contributed by atoms with E-state index in [2.05, 4.69) is 39.5 Å². The monoisotopic (exact) mass is 513 g/mol. The number of nitrogens with zero attached hydrogens (tertiary/aromatic N) is 5. The normalized spacial score (nSPS) is 15.1. The maximum Gasteiger partial charge on any atom is 0.212 e. The fourth-order valence-corrected chi connectivity index (χ4v) is 4.54.